The number of carboxylic acids is 1. The average Bonchev–Trinajstić information content (AvgIpc) is 3.21. The molecule has 0 fully saturated rings. The predicted molar refractivity (Wildman–Crippen MR) is 89.0 cm³/mol. The number of aromatic nitrogens is 5. The molecule has 11 heteroatoms. The zero-order valence-electron chi connectivity index (χ0n) is 12.9. The fraction of sp³-hybridized carbons (Fsp3) is 0.143. The first-order valence-corrected chi connectivity index (χ1v) is 7.98. The maximum Gasteiger partial charge on any atom is 0.313 e. The molecule has 0 unspecified atom stereocenters. The van der Waals surface area contributed by atoms with Gasteiger partial charge in [0.15, 0.2) is 5.82 Å². The Balaban J connectivity index is 1.99. The van der Waals surface area contributed by atoms with Crippen LogP contribution in [0.3, 0.4) is 0 Å². The summed E-state index contributed by atoms with van der Waals surface area (Å²) in [6, 6.07) is 6.26. The lowest BCUT2D eigenvalue weighted by Crippen LogP contribution is -1.97. The number of benzene rings is 1. The third-order valence-electron chi connectivity index (χ3n) is 3.20. The molecular weight excluding hydrogens is 348 g/mol. The van der Waals surface area contributed by atoms with E-state index in [1.54, 1.807) is 30.1 Å². The zero-order chi connectivity index (χ0) is 18.0. The number of nitrogens with zero attached hydrogens (tertiary/aromatic N) is 5. The first-order valence-electron chi connectivity index (χ1n) is 6.99. The van der Waals surface area contributed by atoms with E-state index < -0.39 is 10.9 Å². The van der Waals surface area contributed by atoms with Crippen LogP contribution in [0, 0.1) is 10.1 Å². The van der Waals surface area contributed by atoms with E-state index in [4.69, 9.17) is 5.11 Å². The van der Waals surface area contributed by atoms with Crippen molar-refractivity contribution in [2.24, 2.45) is 7.05 Å². The lowest BCUT2D eigenvalue weighted by molar-refractivity contribution is -0.384. The van der Waals surface area contributed by atoms with Gasteiger partial charge in [-0.05, 0) is 12.1 Å². The number of carbonyl (C=O) groups is 1. The highest BCUT2D eigenvalue weighted by atomic mass is 32.2. The molecule has 10 nitrogen and oxygen atoms in total. The summed E-state index contributed by atoms with van der Waals surface area (Å²) in [4.78, 5) is 25.5. The summed E-state index contributed by atoms with van der Waals surface area (Å²) < 4.78 is 1.60. The molecule has 128 valence electrons. The summed E-state index contributed by atoms with van der Waals surface area (Å²) in [5.41, 5.74) is 1.52. The molecule has 2 heterocycles. The van der Waals surface area contributed by atoms with Gasteiger partial charge in [-0.3, -0.25) is 24.7 Å². The Kier molecular flexibility index (Phi) is 4.48. The van der Waals surface area contributed by atoms with Gasteiger partial charge in [-0.25, -0.2) is 4.98 Å². The Labute approximate surface area is 145 Å². The van der Waals surface area contributed by atoms with E-state index >= 15 is 0 Å². The number of rotatable bonds is 6. The zero-order valence-corrected chi connectivity index (χ0v) is 13.7. The predicted octanol–water partition coefficient (Wildman–Crippen LogP) is 1.96. The molecule has 3 aromatic rings. The highest BCUT2D eigenvalue weighted by molar-refractivity contribution is 7.99. The third-order valence-corrected chi connectivity index (χ3v) is 4.03. The SMILES string of the molecule is Cn1ccc(-c2cc(-c3nc(SCC(=O)O)n[nH]3)cc([N+](=O)[O-])c2)n1. The Morgan fingerprint density at radius 1 is 1.40 bits per heavy atom. The number of hydrogen-bond donors (Lipinski definition) is 2. The van der Waals surface area contributed by atoms with Gasteiger partial charge < -0.3 is 5.11 Å². The standard InChI is InChI=1S/C14H12N6O4S/c1-19-3-2-11(18-19)8-4-9(6-10(5-8)20(23)24)13-15-14(17-16-13)25-7-12(21)22/h2-6H,7H2,1H3,(H,21,22)(H,15,16,17). The van der Waals surface area contributed by atoms with Crippen molar-refractivity contribution in [1.82, 2.24) is 25.0 Å². The largest absolute Gasteiger partial charge is 0.481 e. The van der Waals surface area contributed by atoms with Gasteiger partial charge in [0.25, 0.3) is 5.69 Å². The van der Waals surface area contributed by atoms with Crippen LogP contribution in [0.5, 0.6) is 0 Å². The van der Waals surface area contributed by atoms with Gasteiger partial charge in [0, 0.05) is 36.5 Å². The topological polar surface area (TPSA) is 140 Å². The summed E-state index contributed by atoms with van der Waals surface area (Å²) in [7, 11) is 1.75. The molecule has 0 atom stereocenters. The number of aromatic amines is 1. The summed E-state index contributed by atoms with van der Waals surface area (Å²) in [5, 5.41) is 31.0. The van der Waals surface area contributed by atoms with Crippen molar-refractivity contribution in [3.63, 3.8) is 0 Å². The highest BCUT2D eigenvalue weighted by Crippen LogP contribution is 2.29. The van der Waals surface area contributed by atoms with Gasteiger partial charge in [-0.2, -0.15) is 5.10 Å². The van der Waals surface area contributed by atoms with Gasteiger partial charge in [-0.1, -0.05) is 11.8 Å². The van der Waals surface area contributed by atoms with Crippen LogP contribution in [0.15, 0.2) is 35.6 Å². The number of hydrogen-bond acceptors (Lipinski definition) is 7. The molecule has 0 aliphatic carbocycles. The van der Waals surface area contributed by atoms with Crippen molar-refractivity contribution < 1.29 is 14.8 Å². The third kappa shape index (κ3) is 3.83. The summed E-state index contributed by atoms with van der Waals surface area (Å²) in [5.74, 6) is -0.844. The van der Waals surface area contributed by atoms with Gasteiger partial charge in [0.1, 0.15) is 0 Å². The second-order valence-electron chi connectivity index (χ2n) is 5.05. The maximum atomic E-state index is 11.2. The maximum absolute atomic E-state index is 11.2. The molecule has 2 N–H and O–H groups in total. The summed E-state index contributed by atoms with van der Waals surface area (Å²) in [6.07, 6.45) is 1.74. The Bertz CT molecular complexity index is 950. The fourth-order valence-electron chi connectivity index (χ4n) is 2.14. The van der Waals surface area contributed by atoms with Crippen LogP contribution < -0.4 is 0 Å². The second-order valence-corrected chi connectivity index (χ2v) is 5.99. The summed E-state index contributed by atoms with van der Waals surface area (Å²) in [6.45, 7) is 0. The Hall–Kier alpha value is -3.21. The number of H-pyrrole nitrogens is 1. The van der Waals surface area contributed by atoms with E-state index in [1.165, 1.54) is 12.1 Å². The van der Waals surface area contributed by atoms with Gasteiger partial charge in [-0.15, -0.1) is 5.10 Å². The van der Waals surface area contributed by atoms with Gasteiger partial charge in [0.2, 0.25) is 5.16 Å². The van der Waals surface area contributed by atoms with Crippen molar-refractivity contribution in [3.05, 3.63) is 40.6 Å². The number of nitro groups is 1. The summed E-state index contributed by atoms with van der Waals surface area (Å²) >= 11 is 0.956. The van der Waals surface area contributed by atoms with Crippen molar-refractivity contribution >= 4 is 23.4 Å². The number of nitrogens with one attached hydrogen (secondary N) is 1. The number of non-ortho nitro benzene ring substituents is 1. The molecule has 0 aliphatic heterocycles. The average molecular weight is 360 g/mol. The number of nitro benzene ring substituents is 1. The number of aliphatic carboxylic acids is 1. The molecule has 25 heavy (non-hydrogen) atoms. The van der Waals surface area contributed by atoms with Crippen LogP contribution >= 0.6 is 11.8 Å². The normalized spacial score (nSPS) is 10.8. The van der Waals surface area contributed by atoms with Crippen LogP contribution in [0.1, 0.15) is 0 Å². The number of thioether (sulfide) groups is 1. The monoisotopic (exact) mass is 360 g/mol. The van der Waals surface area contributed by atoms with E-state index in [0.29, 0.717) is 22.6 Å². The molecule has 0 amide bonds. The van der Waals surface area contributed by atoms with Crippen LogP contribution in [0.4, 0.5) is 5.69 Å². The van der Waals surface area contributed by atoms with Crippen LogP contribution in [0.25, 0.3) is 22.6 Å². The van der Waals surface area contributed by atoms with E-state index in [2.05, 4.69) is 20.3 Å². The minimum atomic E-state index is -0.982. The quantitative estimate of drug-likeness (QED) is 0.386. The number of carboxylic acid groups (broad SMARTS) is 1. The lowest BCUT2D eigenvalue weighted by Gasteiger charge is -2.02. The Morgan fingerprint density at radius 3 is 2.80 bits per heavy atom. The molecule has 0 aliphatic rings. The van der Waals surface area contributed by atoms with Crippen LogP contribution in [-0.2, 0) is 11.8 Å². The van der Waals surface area contributed by atoms with Crippen molar-refractivity contribution in [2.45, 2.75) is 5.16 Å². The van der Waals surface area contributed by atoms with E-state index in [0.717, 1.165) is 11.8 Å². The lowest BCUT2D eigenvalue weighted by atomic mass is 10.1. The molecule has 0 spiro atoms. The van der Waals surface area contributed by atoms with Crippen LogP contribution in [-0.4, -0.2) is 46.7 Å². The van der Waals surface area contributed by atoms with Crippen LogP contribution in [0.2, 0.25) is 0 Å². The molecule has 0 saturated heterocycles. The fourth-order valence-corrected chi connectivity index (χ4v) is 2.66. The molecule has 0 saturated carbocycles. The van der Waals surface area contributed by atoms with Crippen molar-refractivity contribution in [1.29, 1.82) is 0 Å². The smallest absolute Gasteiger partial charge is 0.313 e. The van der Waals surface area contributed by atoms with Gasteiger partial charge in [0.05, 0.1) is 16.4 Å². The van der Waals surface area contributed by atoms with Gasteiger partial charge >= 0.3 is 5.97 Å². The molecule has 0 bridgehead atoms. The minimum Gasteiger partial charge on any atom is -0.481 e. The first-order chi connectivity index (χ1) is 11.9. The minimum absolute atomic E-state index is 0.103. The van der Waals surface area contributed by atoms with E-state index in [1.807, 2.05) is 0 Å². The molecule has 1 aromatic carbocycles. The van der Waals surface area contributed by atoms with E-state index in [-0.39, 0.29) is 16.6 Å². The Morgan fingerprint density at radius 2 is 2.16 bits per heavy atom. The molecule has 2 aromatic heterocycles. The van der Waals surface area contributed by atoms with Crippen molar-refractivity contribution in [2.75, 3.05) is 5.75 Å². The molecule has 3 rings (SSSR count). The van der Waals surface area contributed by atoms with E-state index in [9.17, 15) is 14.9 Å². The second kappa shape index (κ2) is 6.73. The molecule has 0 radical (unpaired) electrons. The molecular formula is C14H12N6O4S. The van der Waals surface area contributed by atoms with Crippen molar-refractivity contribution in [3.8, 4) is 22.6 Å². The first kappa shape index (κ1) is 16.6. The highest BCUT2D eigenvalue weighted by Gasteiger charge is 2.16. The number of aryl methyl sites for hydroxylation is 1.